The van der Waals surface area contributed by atoms with E-state index in [1.54, 1.807) is 0 Å². The minimum Gasteiger partial charge on any atom is -0.453 e. The van der Waals surface area contributed by atoms with E-state index in [0.717, 1.165) is 25.8 Å². The van der Waals surface area contributed by atoms with Gasteiger partial charge in [-0.05, 0) is 67.2 Å². The molecule has 2 bridgehead atoms. The number of ether oxygens (including phenoxy) is 1. The number of piperidine rings is 1. The van der Waals surface area contributed by atoms with E-state index in [4.69, 9.17) is 0 Å². The fourth-order valence-corrected chi connectivity index (χ4v) is 7.79. The molecule has 0 aromatic heterocycles. The van der Waals surface area contributed by atoms with Gasteiger partial charge in [-0.3, -0.25) is 10.1 Å². The normalized spacial score (nSPS) is 27.9. The first-order valence-electron chi connectivity index (χ1n) is 11.7. The third-order valence-corrected chi connectivity index (χ3v) is 9.34. The van der Waals surface area contributed by atoms with Crippen LogP contribution >= 0.6 is 0 Å². The summed E-state index contributed by atoms with van der Waals surface area (Å²) < 4.78 is 32.2. The average molecular weight is 478 g/mol. The molecule has 3 aliphatic rings. The zero-order valence-corrected chi connectivity index (χ0v) is 20.8. The number of nitrogens with one attached hydrogen (secondary N) is 1. The van der Waals surface area contributed by atoms with Gasteiger partial charge < -0.3 is 9.64 Å². The number of hydrogen-bond acceptors (Lipinski definition) is 5. The second-order valence-electron chi connectivity index (χ2n) is 11.0. The maximum Gasteiger partial charge on any atom is 0.411 e. The molecule has 8 nitrogen and oxygen atoms in total. The molecule has 2 atom stereocenters. The summed E-state index contributed by atoms with van der Waals surface area (Å²) in [6.45, 7) is 8.39. The molecule has 0 radical (unpaired) electrons. The Hall–Kier alpha value is -2.13. The van der Waals surface area contributed by atoms with E-state index in [0.29, 0.717) is 37.7 Å². The monoisotopic (exact) mass is 477 g/mol. The molecule has 4 rings (SSSR count). The topological polar surface area (TPSA) is 96.0 Å². The van der Waals surface area contributed by atoms with Gasteiger partial charge in [0.2, 0.25) is 15.9 Å². The number of benzene rings is 1. The van der Waals surface area contributed by atoms with Crippen LogP contribution < -0.4 is 5.32 Å². The van der Waals surface area contributed by atoms with Crippen LogP contribution in [0.25, 0.3) is 0 Å². The van der Waals surface area contributed by atoms with Crippen molar-refractivity contribution in [2.24, 2.45) is 16.7 Å². The van der Waals surface area contributed by atoms with Gasteiger partial charge in [0.1, 0.15) is 0 Å². The molecule has 2 unspecified atom stereocenters. The highest BCUT2D eigenvalue weighted by Gasteiger charge is 2.51. The van der Waals surface area contributed by atoms with E-state index in [1.807, 2.05) is 0 Å². The summed E-state index contributed by atoms with van der Waals surface area (Å²) in [6.07, 6.45) is 3.74. The molecule has 0 spiro atoms. The third kappa shape index (κ3) is 4.89. The van der Waals surface area contributed by atoms with E-state index < -0.39 is 16.1 Å². The Morgan fingerprint density at radius 1 is 1.06 bits per heavy atom. The molecule has 9 heteroatoms. The molecule has 1 aliphatic carbocycles. The minimum absolute atomic E-state index is 0.117. The van der Waals surface area contributed by atoms with Gasteiger partial charge in [-0.1, -0.05) is 20.8 Å². The molecule has 1 aromatic carbocycles. The second kappa shape index (κ2) is 8.58. The molecule has 2 saturated heterocycles. The molecule has 33 heavy (non-hydrogen) atoms. The van der Waals surface area contributed by atoms with Crippen molar-refractivity contribution in [3.63, 3.8) is 0 Å². The number of sulfonamides is 1. The Balaban J connectivity index is 1.37. The summed E-state index contributed by atoms with van der Waals surface area (Å²) in [6, 6.07) is 6.33. The van der Waals surface area contributed by atoms with Gasteiger partial charge in [0, 0.05) is 37.3 Å². The van der Waals surface area contributed by atoms with Crippen LogP contribution in [0.5, 0.6) is 0 Å². The quantitative estimate of drug-likeness (QED) is 0.713. The Kier molecular flexibility index (Phi) is 6.24. The van der Waals surface area contributed by atoms with E-state index in [9.17, 15) is 18.0 Å². The third-order valence-electron chi connectivity index (χ3n) is 7.42. The number of anilines is 1. The summed E-state index contributed by atoms with van der Waals surface area (Å²) in [4.78, 5) is 27.0. The summed E-state index contributed by atoms with van der Waals surface area (Å²) in [5.74, 6) is 0.0888. The van der Waals surface area contributed by atoms with E-state index in [1.165, 1.54) is 35.7 Å². The highest BCUT2D eigenvalue weighted by atomic mass is 32.2. The van der Waals surface area contributed by atoms with Crippen LogP contribution in [0.15, 0.2) is 29.2 Å². The van der Waals surface area contributed by atoms with Crippen molar-refractivity contribution in [3.05, 3.63) is 24.3 Å². The highest BCUT2D eigenvalue weighted by Crippen LogP contribution is 2.52. The largest absolute Gasteiger partial charge is 0.453 e. The number of methoxy groups -OCH3 is 1. The van der Waals surface area contributed by atoms with Crippen LogP contribution in [-0.2, 0) is 19.6 Å². The second-order valence-corrected chi connectivity index (χ2v) is 12.9. The lowest BCUT2D eigenvalue weighted by atomic mass is 9.65. The van der Waals surface area contributed by atoms with Crippen molar-refractivity contribution in [1.29, 1.82) is 0 Å². The Morgan fingerprint density at radius 2 is 1.70 bits per heavy atom. The molecule has 182 valence electrons. The van der Waals surface area contributed by atoms with Crippen LogP contribution in [0.4, 0.5) is 10.5 Å². The molecule has 3 fully saturated rings. The lowest BCUT2D eigenvalue weighted by Gasteiger charge is -2.40. The number of rotatable bonds is 4. The van der Waals surface area contributed by atoms with Gasteiger partial charge in [0.25, 0.3) is 0 Å². The minimum atomic E-state index is -3.66. The summed E-state index contributed by atoms with van der Waals surface area (Å²) >= 11 is 0. The lowest BCUT2D eigenvalue weighted by molar-refractivity contribution is -0.138. The predicted octanol–water partition coefficient (Wildman–Crippen LogP) is 3.69. The SMILES string of the molecule is COC(=O)Nc1ccc(S(=O)(=O)N2CCC(C(=O)N3CC4(C)CC3CC(C)(C)C4)CC2)cc1. The van der Waals surface area contributed by atoms with Gasteiger partial charge in [0.15, 0.2) is 0 Å². The number of hydrogen-bond donors (Lipinski definition) is 1. The smallest absolute Gasteiger partial charge is 0.411 e. The molecule has 2 amide bonds. The zero-order valence-electron chi connectivity index (χ0n) is 20.0. The number of amides is 2. The van der Waals surface area contributed by atoms with Crippen LogP contribution in [0, 0.1) is 16.7 Å². The lowest BCUT2D eigenvalue weighted by Crippen LogP contribution is -2.46. The van der Waals surface area contributed by atoms with Crippen molar-refractivity contribution in [1.82, 2.24) is 9.21 Å². The van der Waals surface area contributed by atoms with E-state index in [2.05, 4.69) is 35.7 Å². The van der Waals surface area contributed by atoms with Crippen LogP contribution in [0.2, 0.25) is 0 Å². The first-order valence-corrected chi connectivity index (χ1v) is 13.1. The highest BCUT2D eigenvalue weighted by molar-refractivity contribution is 7.89. The van der Waals surface area contributed by atoms with Crippen molar-refractivity contribution in [2.75, 3.05) is 32.1 Å². The average Bonchev–Trinajstić information content (AvgIpc) is 3.02. The first-order chi connectivity index (χ1) is 15.4. The molecular weight excluding hydrogens is 442 g/mol. The number of carbonyl (C=O) groups excluding carboxylic acids is 2. The molecule has 2 aliphatic heterocycles. The Morgan fingerprint density at radius 3 is 2.30 bits per heavy atom. The van der Waals surface area contributed by atoms with Crippen LogP contribution in [0.3, 0.4) is 0 Å². The molecular formula is C24H35N3O5S. The summed E-state index contributed by atoms with van der Waals surface area (Å²) in [7, 11) is -2.39. The molecule has 1 aromatic rings. The molecule has 1 saturated carbocycles. The predicted molar refractivity (Wildman–Crippen MR) is 125 cm³/mol. The van der Waals surface area contributed by atoms with Crippen LogP contribution in [-0.4, -0.2) is 62.4 Å². The summed E-state index contributed by atoms with van der Waals surface area (Å²) in [5, 5.41) is 2.51. The molecule has 2 heterocycles. The summed E-state index contributed by atoms with van der Waals surface area (Å²) in [5.41, 5.74) is 0.908. The molecule has 1 N–H and O–H groups in total. The van der Waals surface area contributed by atoms with Gasteiger partial charge in [-0.25, -0.2) is 13.2 Å². The maximum absolute atomic E-state index is 13.4. The Bertz CT molecular complexity index is 1020. The van der Waals surface area contributed by atoms with Crippen molar-refractivity contribution < 1.29 is 22.7 Å². The number of carbonyl (C=O) groups is 2. The standard InChI is InChI=1S/C24H35N3O5S/c1-23(2)13-19-14-24(3,15-23)16-27(19)21(28)17-9-11-26(12-10-17)33(30,31)20-7-5-18(6-8-20)25-22(29)32-4/h5-8,17,19H,9-16H2,1-4H3,(H,25,29). The maximum atomic E-state index is 13.4. The first kappa shape index (κ1) is 24.0. The number of nitrogens with zero attached hydrogens (tertiary/aromatic N) is 2. The number of fused-ring (bicyclic) bond motifs is 2. The van der Waals surface area contributed by atoms with Crippen molar-refractivity contribution in [2.45, 2.75) is 63.8 Å². The fourth-order valence-electron chi connectivity index (χ4n) is 6.32. The van der Waals surface area contributed by atoms with Gasteiger partial charge in [-0.15, -0.1) is 0 Å². The zero-order chi connectivity index (χ0) is 24.0. The number of likely N-dealkylation sites (tertiary alicyclic amines) is 1. The van der Waals surface area contributed by atoms with Gasteiger partial charge in [0.05, 0.1) is 12.0 Å². The van der Waals surface area contributed by atoms with E-state index >= 15 is 0 Å². The van der Waals surface area contributed by atoms with Crippen LogP contribution in [0.1, 0.15) is 52.9 Å². The van der Waals surface area contributed by atoms with Gasteiger partial charge in [-0.2, -0.15) is 4.31 Å². The van der Waals surface area contributed by atoms with Gasteiger partial charge >= 0.3 is 6.09 Å². The van der Waals surface area contributed by atoms with Crippen molar-refractivity contribution >= 4 is 27.7 Å². The Labute approximate surface area is 196 Å². The fraction of sp³-hybridized carbons (Fsp3) is 0.667. The van der Waals surface area contributed by atoms with Crippen molar-refractivity contribution in [3.8, 4) is 0 Å². The van der Waals surface area contributed by atoms with E-state index in [-0.39, 0.29) is 27.6 Å².